The Morgan fingerprint density at radius 3 is 2.61 bits per heavy atom. The summed E-state index contributed by atoms with van der Waals surface area (Å²) in [7, 11) is 0. The molecule has 2 aromatic rings. The normalized spacial score (nSPS) is 18.6. The van der Waals surface area contributed by atoms with Gasteiger partial charge >= 0.3 is 0 Å². The monoisotopic (exact) mass is 397 g/mol. The first kappa shape index (κ1) is 20.3. The van der Waals surface area contributed by atoms with E-state index in [9.17, 15) is 0 Å². The van der Waals surface area contributed by atoms with Crippen molar-refractivity contribution in [3.8, 4) is 5.75 Å². The highest BCUT2D eigenvalue weighted by Gasteiger charge is 2.29. The Labute approximate surface area is 172 Å². The van der Waals surface area contributed by atoms with Crippen molar-refractivity contribution in [1.29, 1.82) is 0 Å². The van der Waals surface area contributed by atoms with Crippen molar-refractivity contribution in [2.24, 2.45) is 21.9 Å². The molecule has 0 saturated carbocycles. The summed E-state index contributed by atoms with van der Waals surface area (Å²) >= 11 is 6.18. The lowest BCUT2D eigenvalue weighted by Gasteiger charge is -2.33. The van der Waals surface area contributed by atoms with Gasteiger partial charge in [0.1, 0.15) is 5.75 Å². The fourth-order valence-corrected chi connectivity index (χ4v) is 3.94. The van der Waals surface area contributed by atoms with Crippen molar-refractivity contribution in [2.75, 3.05) is 6.61 Å². The van der Waals surface area contributed by atoms with E-state index in [1.54, 1.807) is 0 Å². The third-order valence-corrected chi connectivity index (χ3v) is 5.43. The fraction of sp³-hybridized carbons (Fsp3) is 0.348. The number of nitrogens with two attached hydrogens (primary N) is 2. The Balaban J connectivity index is 1.59. The van der Waals surface area contributed by atoms with Gasteiger partial charge in [0.15, 0.2) is 5.96 Å². The molecule has 28 heavy (non-hydrogen) atoms. The highest BCUT2D eigenvalue weighted by Crippen LogP contribution is 2.38. The molecule has 148 valence electrons. The molecule has 0 spiro atoms. The standard InChI is InChI=1S/C23H28ClN3O/c24-20-6-4-5-19(15-20)16-23(11-2-1-3-12-23)13-14-28-21-9-7-18(8-10-21)17-27-22(25)26/h2,4-11,15H,1,3,12-14,16-17H2,(H4,25,26,27). The topological polar surface area (TPSA) is 73.6 Å². The molecular weight excluding hydrogens is 370 g/mol. The second-order valence-electron chi connectivity index (χ2n) is 7.45. The van der Waals surface area contributed by atoms with Crippen LogP contribution < -0.4 is 16.2 Å². The quantitative estimate of drug-likeness (QED) is 0.380. The number of ether oxygens (including phenoxy) is 1. The number of guanidine groups is 1. The molecule has 4 nitrogen and oxygen atoms in total. The summed E-state index contributed by atoms with van der Waals surface area (Å²) in [5.41, 5.74) is 13.2. The van der Waals surface area contributed by atoms with E-state index in [0.717, 1.165) is 35.6 Å². The van der Waals surface area contributed by atoms with Gasteiger partial charge in [-0.1, -0.05) is 48.0 Å². The third kappa shape index (κ3) is 6.03. The highest BCUT2D eigenvalue weighted by atomic mass is 35.5. The highest BCUT2D eigenvalue weighted by molar-refractivity contribution is 6.30. The van der Waals surface area contributed by atoms with Crippen molar-refractivity contribution in [3.05, 3.63) is 76.8 Å². The van der Waals surface area contributed by atoms with Gasteiger partial charge in [-0.15, -0.1) is 0 Å². The van der Waals surface area contributed by atoms with Crippen LogP contribution in [-0.4, -0.2) is 12.6 Å². The van der Waals surface area contributed by atoms with Crippen LogP contribution in [0.3, 0.4) is 0 Å². The number of hydrogen-bond acceptors (Lipinski definition) is 2. The molecule has 4 N–H and O–H groups in total. The molecule has 2 aromatic carbocycles. The number of hydrogen-bond donors (Lipinski definition) is 2. The van der Waals surface area contributed by atoms with Crippen LogP contribution in [0.5, 0.6) is 5.75 Å². The number of allylic oxidation sites excluding steroid dienone is 2. The van der Waals surface area contributed by atoms with E-state index in [1.807, 2.05) is 36.4 Å². The molecule has 0 fully saturated rings. The molecule has 1 aliphatic carbocycles. The van der Waals surface area contributed by atoms with Crippen LogP contribution in [-0.2, 0) is 13.0 Å². The van der Waals surface area contributed by atoms with Gasteiger partial charge < -0.3 is 16.2 Å². The Morgan fingerprint density at radius 2 is 1.93 bits per heavy atom. The van der Waals surface area contributed by atoms with Crippen LogP contribution >= 0.6 is 11.6 Å². The van der Waals surface area contributed by atoms with Gasteiger partial charge in [-0.3, -0.25) is 0 Å². The van der Waals surface area contributed by atoms with E-state index >= 15 is 0 Å². The van der Waals surface area contributed by atoms with E-state index in [0.29, 0.717) is 13.2 Å². The van der Waals surface area contributed by atoms with Crippen molar-refractivity contribution in [1.82, 2.24) is 0 Å². The first-order valence-electron chi connectivity index (χ1n) is 9.74. The lowest BCUT2D eigenvalue weighted by molar-refractivity contribution is 0.216. The molecule has 0 heterocycles. The van der Waals surface area contributed by atoms with Crippen molar-refractivity contribution in [3.63, 3.8) is 0 Å². The molecule has 0 bridgehead atoms. The molecule has 5 heteroatoms. The number of nitrogens with zero attached hydrogens (tertiary/aromatic N) is 1. The molecule has 1 aliphatic rings. The first-order chi connectivity index (χ1) is 13.5. The van der Waals surface area contributed by atoms with Gasteiger partial charge in [-0.2, -0.15) is 0 Å². The number of aliphatic imine (C=N–C) groups is 1. The average Bonchev–Trinajstić information content (AvgIpc) is 2.68. The summed E-state index contributed by atoms with van der Waals surface area (Å²) < 4.78 is 6.03. The molecule has 0 aromatic heterocycles. The predicted molar refractivity (Wildman–Crippen MR) is 117 cm³/mol. The molecule has 0 amide bonds. The van der Waals surface area contributed by atoms with Crippen LogP contribution in [0.4, 0.5) is 0 Å². The summed E-state index contributed by atoms with van der Waals surface area (Å²) in [6.45, 7) is 1.16. The minimum absolute atomic E-state index is 0.103. The summed E-state index contributed by atoms with van der Waals surface area (Å²) in [5.74, 6) is 0.969. The van der Waals surface area contributed by atoms with E-state index in [2.05, 4.69) is 29.3 Å². The predicted octanol–water partition coefficient (Wildman–Crippen LogP) is 4.85. The Kier molecular flexibility index (Phi) is 6.99. The zero-order chi connectivity index (χ0) is 19.8. The fourth-order valence-electron chi connectivity index (χ4n) is 3.73. The van der Waals surface area contributed by atoms with Gasteiger partial charge in [-0.25, -0.2) is 4.99 Å². The molecular formula is C23H28ClN3O. The maximum atomic E-state index is 6.18. The van der Waals surface area contributed by atoms with Crippen molar-refractivity contribution >= 4 is 17.6 Å². The summed E-state index contributed by atoms with van der Waals surface area (Å²) in [4.78, 5) is 4.02. The Morgan fingerprint density at radius 1 is 1.11 bits per heavy atom. The smallest absolute Gasteiger partial charge is 0.186 e. The minimum atomic E-state index is 0.103. The molecule has 0 saturated heterocycles. The van der Waals surface area contributed by atoms with E-state index < -0.39 is 0 Å². The first-order valence-corrected chi connectivity index (χ1v) is 10.1. The van der Waals surface area contributed by atoms with E-state index in [-0.39, 0.29) is 11.4 Å². The summed E-state index contributed by atoms with van der Waals surface area (Å²) in [6, 6.07) is 16.1. The Bertz CT molecular complexity index is 828. The molecule has 1 unspecified atom stereocenters. The zero-order valence-corrected chi connectivity index (χ0v) is 16.9. The van der Waals surface area contributed by atoms with Crippen LogP contribution in [0.25, 0.3) is 0 Å². The van der Waals surface area contributed by atoms with Gasteiger partial charge in [0.25, 0.3) is 0 Å². The van der Waals surface area contributed by atoms with Gasteiger partial charge in [-0.05, 0) is 72.9 Å². The van der Waals surface area contributed by atoms with E-state index in [1.165, 1.54) is 18.4 Å². The second-order valence-corrected chi connectivity index (χ2v) is 7.88. The van der Waals surface area contributed by atoms with Gasteiger partial charge in [0, 0.05) is 5.02 Å². The Hall–Kier alpha value is -2.46. The minimum Gasteiger partial charge on any atom is -0.494 e. The van der Waals surface area contributed by atoms with Crippen molar-refractivity contribution in [2.45, 2.75) is 38.6 Å². The molecule has 0 radical (unpaired) electrons. The summed E-state index contributed by atoms with van der Waals surface area (Å²) in [5, 5.41) is 0.796. The molecule has 3 rings (SSSR count). The van der Waals surface area contributed by atoms with Crippen LogP contribution in [0, 0.1) is 5.41 Å². The maximum absolute atomic E-state index is 6.18. The SMILES string of the molecule is NC(N)=NCc1ccc(OCCC2(Cc3cccc(Cl)c3)C=CCCC2)cc1. The zero-order valence-electron chi connectivity index (χ0n) is 16.1. The van der Waals surface area contributed by atoms with Crippen molar-refractivity contribution < 1.29 is 4.74 Å². The number of rotatable bonds is 8. The lowest BCUT2D eigenvalue weighted by atomic mass is 9.72. The van der Waals surface area contributed by atoms with Crippen LogP contribution in [0.2, 0.25) is 5.02 Å². The molecule has 0 aliphatic heterocycles. The van der Waals surface area contributed by atoms with Gasteiger partial charge in [0.2, 0.25) is 0 Å². The lowest BCUT2D eigenvalue weighted by Crippen LogP contribution is -2.26. The molecule has 1 atom stereocenters. The largest absolute Gasteiger partial charge is 0.494 e. The van der Waals surface area contributed by atoms with Crippen LogP contribution in [0.1, 0.15) is 36.8 Å². The van der Waals surface area contributed by atoms with Gasteiger partial charge in [0.05, 0.1) is 13.2 Å². The number of benzene rings is 2. The maximum Gasteiger partial charge on any atom is 0.186 e. The third-order valence-electron chi connectivity index (χ3n) is 5.20. The van der Waals surface area contributed by atoms with E-state index in [4.69, 9.17) is 27.8 Å². The summed E-state index contributed by atoms with van der Waals surface area (Å²) in [6.07, 6.45) is 10.2. The second kappa shape index (κ2) is 9.65. The average molecular weight is 398 g/mol. The number of halogens is 1. The van der Waals surface area contributed by atoms with Crippen LogP contribution in [0.15, 0.2) is 65.7 Å².